The molecule has 3 aromatic rings. The van der Waals surface area contributed by atoms with Crippen LogP contribution in [0.4, 0.5) is 5.82 Å². The number of benzene rings is 1. The fraction of sp³-hybridized carbons (Fsp3) is 0.318. The smallest absolute Gasteiger partial charge is 0.223 e. The van der Waals surface area contributed by atoms with Crippen LogP contribution >= 0.6 is 11.6 Å². The van der Waals surface area contributed by atoms with Crippen molar-refractivity contribution >= 4 is 34.2 Å². The van der Waals surface area contributed by atoms with E-state index < -0.39 is 0 Å². The van der Waals surface area contributed by atoms with Crippen molar-refractivity contribution < 1.29 is 4.79 Å². The first kappa shape index (κ1) is 18.7. The molecule has 0 aliphatic carbocycles. The lowest BCUT2D eigenvalue weighted by molar-refractivity contribution is -0.125. The first-order valence-electron chi connectivity index (χ1n) is 9.68. The number of rotatable bonds is 5. The topological polar surface area (TPSA) is 58.1 Å². The number of para-hydroxylation sites is 1. The van der Waals surface area contributed by atoms with Gasteiger partial charge in [0.25, 0.3) is 0 Å². The van der Waals surface area contributed by atoms with Crippen molar-refractivity contribution in [3.8, 4) is 0 Å². The van der Waals surface area contributed by atoms with Crippen LogP contribution in [0.5, 0.6) is 0 Å². The van der Waals surface area contributed by atoms with Gasteiger partial charge in [-0.1, -0.05) is 35.9 Å². The van der Waals surface area contributed by atoms with Gasteiger partial charge in [0.1, 0.15) is 5.82 Å². The number of nitrogens with zero attached hydrogens (tertiary/aromatic N) is 3. The van der Waals surface area contributed by atoms with Crippen LogP contribution in [0.2, 0.25) is 5.02 Å². The molecule has 1 aromatic carbocycles. The SMILES string of the molecule is O=C(NCCc1ccc2ccccc2n1)C1CCN(c2ccc(Cl)cn2)CC1. The predicted octanol–water partition coefficient (Wildman–Crippen LogP) is 3.86. The van der Waals surface area contributed by atoms with Crippen LogP contribution in [-0.2, 0) is 11.2 Å². The second kappa shape index (κ2) is 8.57. The van der Waals surface area contributed by atoms with E-state index in [0.717, 1.165) is 54.8 Å². The number of hydrogen-bond acceptors (Lipinski definition) is 4. The Kier molecular flexibility index (Phi) is 5.72. The number of nitrogens with one attached hydrogen (secondary N) is 1. The zero-order valence-electron chi connectivity index (χ0n) is 15.6. The minimum absolute atomic E-state index is 0.0631. The van der Waals surface area contributed by atoms with Gasteiger partial charge in [0.05, 0.1) is 10.5 Å². The number of carbonyl (C=O) groups is 1. The van der Waals surface area contributed by atoms with Gasteiger partial charge in [0.15, 0.2) is 0 Å². The summed E-state index contributed by atoms with van der Waals surface area (Å²) in [5, 5.41) is 4.85. The normalized spacial score (nSPS) is 15.0. The molecule has 0 saturated carbocycles. The summed E-state index contributed by atoms with van der Waals surface area (Å²) in [4.78, 5) is 23.7. The molecular weight excluding hydrogens is 372 g/mol. The number of hydrogen-bond donors (Lipinski definition) is 1. The highest BCUT2D eigenvalue weighted by molar-refractivity contribution is 6.30. The quantitative estimate of drug-likeness (QED) is 0.713. The second-order valence-electron chi connectivity index (χ2n) is 7.13. The molecule has 1 aliphatic heterocycles. The fourth-order valence-corrected chi connectivity index (χ4v) is 3.74. The molecule has 6 heteroatoms. The molecule has 1 aliphatic rings. The predicted molar refractivity (Wildman–Crippen MR) is 113 cm³/mol. The Morgan fingerprint density at radius 1 is 1.11 bits per heavy atom. The van der Waals surface area contributed by atoms with E-state index in [-0.39, 0.29) is 11.8 Å². The van der Waals surface area contributed by atoms with Crippen molar-refractivity contribution in [1.29, 1.82) is 0 Å². The number of carbonyl (C=O) groups excluding carboxylic acids is 1. The largest absolute Gasteiger partial charge is 0.357 e. The van der Waals surface area contributed by atoms with Gasteiger partial charge in [-0.3, -0.25) is 9.78 Å². The molecule has 2 aromatic heterocycles. The number of aromatic nitrogens is 2. The van der Waals surface area contributed by atoms with E-state index in [2.05, 4.69) is 32.3 Å². The fourth-order valence-electron chi connectivity index (χ4n) is 3.63. The third-order valence-corrected chi connectivity index (χ3v) is 5.46. The number of piperidine rings is 1. The molecule has 5 nitrogen and oxygen atoms in total. The van der Waals surface area contributed by atoms with Crippen molar-refractivity contribution in [1.82, 2.24) is 15.3 Å². The molecule has 0 unspecified atom stereocenters. The van der Waals surface area contributed by atoms with E-state index in [1.165, 1.54) is 0 Å². The van der Waals surface area contributed by atoms with E-state index in [4.69, 9.17) is 11.6 Å². The maximum atomic E-state index is 12.5. The van der Waals surface area contributed by atoms with Crippen LogP contribution < -0.4 is 10.2 Å². The van der Waals surface area contributed by atoms with Crippen molar-refractivity contribution in [2.45, 2.75) is 19.3 Å². The summed E-state index contributed by atoms with van der Waals surface area (Å²) in [7, 11) is 0. The van der Waals surface area contributed by atoms with Gasteiger partial charge < -0.3 is 10.2 Å². The van der Waals surface area contributed by atoms with Gasteiger partial charge in [-0.15, -0.1) is 0 Å². The number of amides is 1. The summed E-state index contributed by atoms with van der Waals surface area (Å²) in [6.45, 7) is 2.28. The molecule has 4 rings (SSSR count). The zero-order valence-corrected chi connectivity index (χ0v) is 16.4. The van der Waals surface area contributed by atoms with Crippen molar-refractivity contribution in [2.75, 3.05) is 24.5 Å². The highest BCUT2D eigenvalue weighted by atomic mass is 35.5. The van der Waals surface area contributed by atoms with Gasteiger partial charge in [-0.25, -0.2) is 4.98 Å². The van der Waals surface area contributed by atoms with Gasteiger partial charge in [-0.2, -0.15) is 0 Å². The first-order valence-corrected chi connectivity index (χ1v) is 10.1. The minimum Gasteiger partial charge on any atom is -0.357 e. The third kappa shape index (κ3) is 4.42. The zero-order chi connectivity index (χ0) is 19.3. The summed E-state index contributed by atoms with van der Waals surface area (Å²) >= 11 is 5.90. The Labute approximate surface area is 169 Å². The maximum absolute atomic E-state index is 12.5. The molecule has 28 heavy (non-hydrogen) atoms. The van der Waals surface area contributed by atoms with E-state index >= 15 is 0 Å². The van der Waals surface area contributed by atoms with Crippen molar-refractivity contribution in [3.63, 3.8) is 0 Å². The lowest BCUT2D eigenvalue weighted by Crippen LogP contribution is -2.41. The molecule has 1 saturated heterocycles. The number of pyridine rings is 2. The lowest BCUT2D eigenvalue weighted by Gasteiger charge is -2.32. The standard InChI is InChI=1S/C22H23ClN4O/c23-18-6-8-21(25-15-18)27-13-10-17(11-14-27)22(28)24-12-9-19-7-5-16-3-1-2-4-20(16)26-19/h1-8,15,17H,9-14H2,(H,24,28). The van der Waals surface area contributed by atoms with Crippen LogP contribution in [0.1, 0.15) is 18.5 Å². The van der Waals surface area contributed by atoms with Crippen LogP contribution in [-0.4, -0.2) is 35.5 Å². The molecule has 0 bridgehead atoms. The molecule has 0 atom stereocenters. The second-order valence-corrected chi connectivity index (χ2v) is 7.57. The average molecular weight is 395 g/mol. The molecule has 0 spiro atoms. The minimum atomic E-state index is 0.0631. The number of anilines is 1. The molecule has 0 radical (unpaired) electrons. The van der Waals surface area contributed by atoms with Crippen LogP contribution in [0.25, 0.3) is 10.9 Å². The summed E-state index contributed by atoms with van der Waals surface area (Å²) in [5.41, 5.74) is 2.00. The van der Waals surface area contributed by atoms with Gasteiger partial charge in [-0.05, 0) is 37.1 Å². The van der Waals surface area contributed by atoms with Crippen molar-refractivity contribution in [3.05, 3.63) is 65.4 Å². The summed E-state index contributed by atoms with van der Waals surface area (Å²) < 4.78 is 0. The van der Waals surface area contributed by atoms with E-state index in [1.807, 2.05) is 36.4 Å². The molecular formula is C22H23ClN4O. The Balaban J connectivity index is 1.24. The first-order chi connectivity index (χ1) is 13.7. The molecule has 1 fully saturated rings. The third-order valence-electron chi connectivity index (χ3n) is 5.24. The van der Waals surface area contributed by atoms with Gasteiger partial charge >= 0.3 is 0 Å². The Morgan fingerprint density at radius 2 is 1.93 bits per heavy atom. The number of fused-ring (bicyclic) bond motifs is 1. The summed E-state index contributed by atoms with van der Waals surface area (Å²) in [6.07, 6.45) is 4.08. The maximum Gasteiger partial charge on any atom is 0.223 e. The van der Waals surface area contributed by atoms with Crippen LogP contribution in [0.3, 0.4) is 0 Å². The van der Waals surface area contributed by atoms with E-state index in [1.54, 1.807) is 6.20 Å². The molecule has 3 heterocycles. The van der Waals surface area contributed by atoms with Gasteiger partial charge in [0.2, 0.25) is 5.91 Å². The summed E-state index contributed by atoms with van der Waals surface area (Å²) in [6, 6.07) is 16.0. The van der Waals surface area contributed by atoms with Crippen LogP contribution in [0.15, 0.2) is 54.7 Å². The Bertz CT molecular complexity index is 952. The lowest BCUT2D eigenvalue weighted by atomic mass is 9.96. The highest BCUT2D eigenvalue weighted by Crippen LogP contribution is 2.22. The van der Waals surface area contributed by atoms with Gasteiger partial charge in [0, 0.05) is 49.2 Å². The molecule has 1 N–H and O–H groups in total. The molecule has 1 amide bonds. The van der Waals surface area contributed by atoms with E-state index in [9.17, 15) is 4.79 Å². The average Bonchev–Trinajstić information content (AvgIpc) is 2.74. The Hall–Kier alpha value is -2.66. The highest BCUT2D eigenvalue weighted by Gasteiger charge is 2.25. The van der Waals surface area contributed by atoms with E-state index in [0.29, 0.717) is 11.6 Å². The number of halogens is 1. The Morgan fingerprint density at radius 3 is 2.71 bits per heavy atom. The molecule has 144 valence electrons. The summed E-state index contributed by atoms with van der Waals surface area (Å²) in [5.74, 6) is 1.13. The van der Waals surface area contributed by atoms with Crippen molar-refractivity contribution in [2.24, 2.45) is 5.92 Å². The monoisotopic (exact) mass is 394 g/mol. The van der Waals surface area contributed by atoms with Crippen LogP contribution in [0, 0.1) is 5.92 Å².